The van der Waals surface area contributed by atoms with E-state index in [9.17, 15) is 19.1 Å². The topological polar surface area (TPSA) is 66.4 Å². The molecule has 0 saturated heterocycles. The number of halogens is 2. The summed E-state index contributed by atoms with van der Waals surface area (Å²) >= 11 is 5.82. The first-order valence-electron chi connectivity index (χ1n) is 6.42. The van der Waals surface area contributed by atoms with Crippen molar-refractivity contribution in [3.8, 4) is 0 Å². The molecule has 2 rings (SSSR count). The summed E-state index contributed by atoms with van der Waals surface area (Å²) in [5, 5.41) is 11.8. The predicted octanol–water partition coefficient (Wildman–Crippen LogP) is 3.45. The van der Waals surface area contributed by atoms with Crippen LogP contribution in [-0.4, -0.2) is 17.0 Å². The molecule has 0 bridgehead atoms. The Morgan fingerprint density at radius 2 is 2.00 bits per heavy atom. The number of carboxylic acid groups (broad SMARTS) is 1. The zero-order valence-corrected chi connectivity index (χ0v) is 11.5. The molecule has 6 heteroatoms. The van der Waals surface area contributed by atoms with Gasteiger partial charge < -0.3 is 10.4 Å². The van der Waals surface area contributed by atoms with Crippen LogP contribution in [0.4, 0.5) is 10.1 Å². The molecule has 1 aliphatic rings. The zero-order chi connectivity index (χ0) is 14.8. The van der Waals surface area contributed by atoms with Crippen LogP contribution in [0.2, 0.25) is 5.02 Å². The van der Waals surface area contributed by atoms with Crippen LogP contribution in [0.3, 0.4) is 0 Å². The van der Waals surface area contributed by atoms with Gasteiger partial charge in [-0.05, 0) is 25.0 Å². The molecule has 0 heterocycles. The normalized spacial score (nSPS) is 16.9. The van der Waals surface area contributed by atoms with Crippen LogP contribution in [0, 0.1) is 11.2 Å². The van der Waals surface area contributed by atoms with E-state index in [2.05, 4.69) is 5.32 Å². The van der Waals surface area contributed by atoms with E-state index in [4.69, 9.17) is 11.6 Å². The Bertz CT molecular complexity index is 521. The van der Waals surface area contributed by atoms with Crippen molar-refractivity contribution >= 4 is 29.2 Å². The molecular formula is C14H15ClFNO3. The standard InChI is InChI=1S/C14H15ClFNO3/c15-9-4-3-5-10(16)12(9)17-11(18)8-14(13(19)20)6-1-2-7-14/h3-5H,1-2,6-8H2,(H,17,18)(H,19,20). The van der Waals surface area contributed by atoms with Gasteiger partial charge in [0.2, 0.25) is 5.91 Å². The fraction of sp³-hybridized carbons (Fsp3) is 0.429. The van der Waals surface area contributed by atoms with Gasteiger partial charge in [0.05, 0.1) is 16.1 Å². The summed E-state index contributed by atoms with van der Waals surface area (Å²) in [5.41, 5.74) is -1.13. The SMILES string of the molecule is O=C(CC1(C(=O)O)CCCC1)Nc1c(F)cccc1Cl. The first-order valence-corrected chi connectivity index (χ1v) is 6.80. The highest BCUT2D eigenvalue weighted by molar-refractivity contribution is 6.33. The number of carboxylic acids is 1. The monoisotopic (exact) mass is 299 g/mol. The van der Waals surface area contributed by atoms with Crippen LogP contribution >= 0.6 is 11.6 Å². The Morgan fingerprint density at radius 3 is 2.55 bits per heavy atom. The number of amides is 1. The first kappa shape index (κ1) is 14.8. The molecule has 20 heavy (non-hydrogen) atoms. The summed E-state index contributed by atoms with van der Waals surface area (Å²) in [6.07, 6.45) is 2.37. The quantitative estimate of drug-likeness (QED) is 0.895. The maximum atomic E-state index is 13.6. The average molecular weight is 300 g/mol. The molecule has 1 aliphatic carbocycles. The number of nitrogens with one attached hydrogen (secondary N) is 1. The molecular weight excluding hydrogens is 285 g/mol. The Labute approximate surface area is 120 Å². The smallest absolute Gasteiger partial charge is 0.310 e. The number of anilines is 1. The Hall–Kier alpha value is -1.62. The van der Waals surface area contributed by atoms with Crippen LogP contribution in [0.25, 0.3) is 0 Å². The lowest BCUT2D eigenvalue weighted by atomic mass is 9.82. The molecule has 0 atom stereocenters. The summed E-state index contributed by atoms with van der Waals surface area (Å²) < 4.78 is 13.6. The van der Waals surface area contributed by atoms with Crippen molar-refractivity contribution in [2.75, 3.05) is 5.32 Å². The molecule has 0 spiro atoms. The summed E-state index contributed by atoms with van der Waals surface area (Å²) in [6.45, 7) is 0. The third kappa shape index (κ3) is 2.93. The molecule has 4 nitrogen and oxygen atoms in total. The van der Waals surface area contributed by atoms with Gasteiger partial charge in [-0.25, -0.2) is 4.39 Å². The van der Waals surface area contributed by atoms with E-state index in [1.807, 2.05) is 0 Å². The lowest BCUT2D eigenvalue weighted by Crippen LogP contribution is -2.32. The minimum atomic E-state index is -1.03. The van der Waals surface area contributed by atoms with Gasteiger partial charge in [-0.3, -0.25) is 9.59 Å². The van der Waals surface area contributed by atoms with Gasteiger partial charge in [-0.1, -0.05) is 30.5 Å². The maximum Gasteiger partial charge on any atom is 0.310 e. The Kier molecular flexibility index (Phi) is 4.28. The van der Waals surface area contributed by atoms with Crippen LogP contribution in [-0.2, 0) is 9.59 Å². The summed E-state index contributed by atoms with van der Waals surface area (Å²) in [7, 11) is 0. The fourth-order valence-corrected chi connectivity index (χ4v) is 2.84. The van der Waals surface area contributed by atoms with Crippen LogP contribution in [0.5, 0.6) is 0 Å². The molecule has 1 aromatic carbocycles. The van der Waals surface area contributed by atoms with Crippen molar-refractivity contribution in [1.82, 2.24) is 0 Å². The second-order valence-corrected chi connectivity index (χ2v) is 5.52. The maximum absolute atomic E-state index is 13.6. The van der Waals surface area contributed by atoms with Gasteiger partial charge in [0.15, 0.2) is 0 Å². The number of benzene rings is 1. The molecule has 0 unspecified atom stereocenters. The van der Waals surface area contributed by atoms with Crippen LogP contribution in [0.15, 0.2) is 18.2 Å². The molecule has 1 amide bonds. The highest BCUT2D eigenvalue weighted by Gasteiger charge is 2.43. The van der Waals surface area contributed by atoms with Crippen molar-refractivity contribution in [3.63, 3.8) is 0 Å². The second kappa shape index (κ2) is 5.79. The molecule has 0 aliphatic heterocycles. The number of aliphatic carboxylic acids is 1. The molecule has 108 valence electrons. The summed E-state index contributed by atoms with van der Waals surface area (Å²) in [6, 6.07) is 4.08. The van der Waals surface area contributed by atoms with E-state index >= 15 is 0 Å². The van der Waals surface area contributed by atoms with Gasteiger partial charge >= 0.3 is 5.97 Å². The average Bonchev–Trinajstić information content (AvgIpc) is 2.84. The van der Waals surface area contributed by atoms with Crippen molar-refractivity contribution < 1.29 is 19.1 Å². The first-order chi connectivity index (χ1) is 9.44. The zero-order valence-electron chi connectivity index (χ0n) is 10.8. The van der Waals surface area contributed by atoms with Gasteiger partial charge in [0, 0.05) is 6.42 Å². The van der Waals surface area contributed by atoms with Crippen molar-refractivity contribution in [2.24, 2.45) is 5.41 Å². The largest absolute Gasteiger partial charge is 0.481 e. The number of para-hydroxylation sites is 1. The van der Waals surface area contributed by atoms with Gasteiger partial charge in [0.25, 0.3) is 0 Å². The van der Waals surface area contributed by atoms with Gasteiger partial charge in [-0.2, -0.15) is 0 Å². The van der Waals surface area contributed by atoms with Crippen LogP contribution in [0.1, 0.15) is 32.1 Å². The minimum absolute atomic E-state index is 0.0918. The molecule has 0 aromatic heterocycles. The highest BCUT2D eigenvalue weighted by Crippen LogP contribution is 2.41. The van der Waals surface area contributed by atoms with Crippen LogP contribution < -0.4 is 5.32 Å². The van der Waals surface area contributed by atoms with E-state index in [0.717, 1.165) is 12.8 Å². The third-order valence-electron chi connectivity index (χ3n) is 3.74. The third-order valence-corrected chi connectivity index (χ3v) is 4.06. The number of rotatable bonds is 4. The molecule has 1 saturated carbocycles. The lowest BCUT2D eigenvalue weighted by Gasteiger charge is -2.23. The lowest BCUT2D eigenvalue weighted by molar-refractivity contribution is -0.150. The fourth-order valence-electron chi connectivity index (χ4n) is 2.63. The number of hydrogen-bond donors (Lipinski definition) is 2. The van der Waals surface area contributed by atoms with E-state index in [1.54, 1.807) is 0 Å². The van der Waals surface area contributed by atoms with Crippen molar-refractivity contribution in [3.05, 3.63) is 29.0 Å². The van der Waals surface area contributed by atoms with Crippen molar-refractivity contribution in [1.29, 1.82) is 0 Å². The molecule has 1 aromatic rings. The van der Waals surface area contributed by atoms with E-state index in [-0.39, 0.29) is 17.1 Å². The Morgan fingerprint density at radius 1 is 1.35 bits per heavy atom. The van der Waals surface area contributed by atoms with Crippen molar-refractivity contribution in [2.45, 2.75) is 32.1 Å². The number of hydrogen-bond acceptors (Lipinski definition) is 2. The van der Waals surface area contributed by atoms with Gasteiger partial charge in [-0.15, -0.1) is 0 Å². The minimum Gasteiger partial charge on any atom is -0.481 e. The Balaban J connectivity index is 2.11. The number of carbonyl (C=O) groups is 2. The predicted molar refractivity (Wildman–Crippen MR) is 73.2 cm³/mol. The van der Waals surface area contributed by atoms with E-state index in [0.29, 0.717) is 12.8 Å². The number of carbonyl (C=O) groups excluding carboxylic acids is 1. The summed E-state index contributed by atoms with van der Waals surface area (Å²) in [4.78, 5) is 23.3. The molecule has 0 radical (unpaired) electrons. The summed E-state index contributed by atoms with van der Waals surface area (Å²) in [5.74, 6) is -2.13. The molecule has 2 N–H and O–H groups in total. The second-order valence-electron chi connectivity index (χ2n) is 5.11. The van der Waals surface area contributed by atoms with E-state index in [1.165, 1.54) is 18.2 Å². The van der Waals surface area contributed by atoms with E-state index < -0.39 is 23.1 Å². The molecule has 1 fully saturated rings. The highest BCUT2D eigenvalue weighted by atomic mass is 35.5. The van der Waals surface area contributed by atoms with Gasteiger partial charge in [0.1, 0.15) is 5.82 Å².